The molecule has 0 spiro atoms. The van der Waals surface area contributed by atoms with E-state index in [0.29, 0.717) is 25.5 Å². The molecule has 26 heavy (non-hydrogen) atoms. The number of likely N-dealkylation sites (tertiary alicyclic amines) is 2. The van der Waals surface area contributed by atoms with Crippen LogP contribution < -0.4 is 0 Å². The number of nitrogens with zero attached hydrogens (tertiary/aromatic N) is 2. The first kappa shape index (κ1) is 18.9. The molecule has 2 saturated heterocycles. The van der Waals surface area contributed by atoms with Crippen LogP contribution >= 0.6 is 0 Å². The lowest BCUT2D eigenvalue weighted by atomic mass is 10.0. The van der Waals surface area contributed by atoms with Crippen molar-refractivity contribution in [1.29, 1.82) is 0 Å². The summed E-state index contributed by atoms with van der Waals surface area (Å²) < 4.78 is 6.00. The van der Waals surface area contributed by atoms with E-state index in [4.69, 9.17) is 4.74 Å². The third kappa shape index (κ3) is 4.85. The second kappa shape index (κ2) is 8.67. The van der Waals surface area contributed by atoms with Gasteiger partial charge in [0.05, 0.1) is 18.6 Å². The first-order chi connectivity index (χ1) is 12.5. The van der Waals surface area contributed by atoms with Crippen LogP contribution in [0.2, 0.25) is 0 Å². The smallest absolute Gasteiger partial charge is 0.227 e. The van der Waals surface area contributed by atoms with Crippen LogP contribution in [0.5, 0.6) is 0 Å². The van der Waals surface area contributed by atoms with E-state index in [2.05, 4.69) is 26.0 Å². The van der Waals surface area contributed by atoms with Gasteiger partial charge in [-0.3, -0.25) is 9.59 Å². The molecule has 0 unspecified atom stereocenters. The number of piperidine rings is 1. The Labute approximate surface area is 156 Å². The number of benzene rings is 1. The molecule has 2 aliphatic rings. The fraction of sp³-hybridized carbons (Fsp3) is 0.619. The largest absolute Gasteiger partial charge is 0.373 e. The van der Waals surface area contributed by atoms with Gasteiger partial charge in [-0.05, 0) is 24.3 Å². The quantitative estimate of drug-likeness (QED) is 0.786. The normalized spacial score (nSPS) is 21.7. The minimum Gasteiger partial charge on any atom is -0.373 e. The van der Waals surface area contributed by atoms with E-state index < -0.39 is 0 Å². The van der Waals surface area contributed by atoms with Crippen LogP contribution in [-0.2, 0) is 20.9 Å². The van der Waals surface area contributed by atoms with Gasteiger partial charge in [-0.1, -0.05) is 44.2 Å². The molecule has 3 rings (SSSR count). The highest BCUT2D eigenvalue weighted by molar-refractivity contribution is 5.89. The Kier molecular flexibility index (Phi) is 6.30. The van der Waals surface area contributed by atoms with E-state index in [1.54, 1.807) is 0 Å². The first-order valence-corrected chi connectivity index (χ1v) is 9.75. The Bertz CT molecular complexity index is 609. The van der Waals surface area contributed by atoms with Crippen LogP contribution in [0.4, 0.5) is 0 Å². The van der Waals surface area contributed by atoms with Crippen molar-refractivity contribution in [3.05, 3.63) is 35.9 Å². The molecular formula is C21H30N2O3. The number of carbonyl (C=O) groups is 2. The minimum absolute atomic E-state index is 0.123. The van der Waals surface area contributed by atoms with Gasteiger partial charge >= 0.3 is 0 Å². The number of amides is 2. The van der Waals surface area contributed by atoms with Gasteiger partial charge in [0.15, 0.2) is 0 Å². The van der Waals surface area contributed by atoms with Crippen LogP contribution in [0, 0.1) is 11.8 Å². The molecule has 0 aromatic heterocycles. The van der Waals surface area contributed by atoms with Crippen molar-refractivity contribution in [1.82, 2.24) is 9.80 Å². The van der Waals surface area contributed by atoms with Crippen LogP contribution in [0.15, 0.2) is 30.3 Å². The molecule has 0 bridgehead atoms. The fourth-order valence-corrected chi connectivity index (χ4v) is 3.84. The lowest BCUT2D eigenvalue weighted by Crippen LogP contribution is -2.44. The Morgan fingerprint density at radius 2 is 1.88 bits per heavy atom. The summed E-state index contributed by atoms with van der Waals surface area (Å²) in [4.78, 5) is 28.7. The maximum absolute atomic E-state index is 12.8. The molecule has 2 amide bonds. The van der Waals surface area contributed by atoms with E-state index in [0.717, 1.165) is 32.5 Å². The predicted molar refractivity (Wildman–Crippen MR) is 100 cm³/mol. The van der Waals surface area contributed by atoms with Gasteiger partial charge in [0.2, 0.25) is 11.8 Å². The van der Waals surface area contributed by atoms with Crippen LogP contribution in [0.25, 0.3) is 0 Å². The van der Waals surface area contributed by atoms with Crippen molar-refractivity contribution >= 4 is 11.8 Å². The zero-order valence-electron chi connectivity index (χ0n) is 15.9. The summed E-state index contributed by atoms with van der Waals surface area (Å²) in [5.74, 6) is 0.539. The fourth-order valence-electron chi connectivity index (χ4n) is 3.84. The third-order valence-corrected chi connectivity index (χ3v) is 5.23. The molecule has 1 aromatic rings. The summed E-state index contributed by atoms with van der Waals surface area (Å²) in [5.41, 5.74) is 1.18. The summed E-state index contributed by atoms with van der Waals surface area (Å²) in [6, 6.07) is 10.2. The van der Waals surface area contributed by atoms with Gasteiger partial charge < -0.3 is 14.5 Å². The highest BCUT2D eigenvalue weighted by atomic mass is 16.5. The van der Waals surface area contributed by atoms with Gasteiger partial charge in [0, 0.05) is 32.6 Å². The molecule has 0 saturated carbocycles. The number of rotatable bonds is 6. The van der Waals surface area contributed by atoms with E-state index in [1.807, 2.05) is 28.0 Å². The number of carbonyl (C=O) groups excluding carboxylic acids is 2. The zero-order chi connectivity index (χ0) is 18.5. The SMILES string of the molecule is CC(C)CN1C[C@H](C(=O)N2CCC(OCc3ccccc3)CC2)CC1=O. The van der Waals surface area contributed by atoms with Gasteiger partial charge in [-0.15, -0.1) is 0 Å². The summed E-state index contributed by atoms with van der Waals surface area (Å²) in [7, 11) is 0. The van der Waals surface area contributed by atoms with Crippen LogP contribution in [0.1, 0.15) is 38.7 Å². The van der Waals surface area contributed by atoms with E-state index in [9.17, 15) is 9.59 Å². The summed E-state index contributed by atoms with van der Waals surface area (Å²) in [6.45, 7) is 7.62. The molecule has 142 valence electrons. The average molecular weight is 358 g/mol. The highest BCUT2D eigenvalue weighted by Crippen LogP contribution is 2.24. The molecule has 5 heteroatoms. The molecule has 2 fully saturated rings. The molecule has 0 N–H and O–H groups in total. The maximum Gasteiger partial charge on any atom is 0.227 e. The minimum atomic E-state index is -0.164. The van der Waals surface area contributed by atoms with Crippen molar-refractivity contribution in [3.8, 4) is 0 Å². The maximum atomic E-state index is 12.8. The molecule has 1 aromatic carbocycles. The predicted octanol–water partition coefficient (Wildman–Crippen LogP) is 2.70. The topological polar surface area (TPSA) is 49.9 Å². The second-order valence-electron chi connectivity index (χ2n) is 7.91. The molecule has 5 nitrogen and oxygen atoms in total. The van der Waals surface area contributed by atoms with Crippen molar-refractivity contribution < 1.29 is 14.3 Å². The third-order valence-electron chi connectivity index (χ3n) is 5.23. The van der Waals surface area contributed by atoms with Gasteiger partial charge in [-0.2, -0.15) is 0 Å². The van der Waals surface area contributed by atoms with E-state index in [1.165, 1.54) is 5.56 Å². The Hall–Kier alpha value is -1.88. The van der Waals surface area contributed by atoms with E-state index in [-0.39, 0.29) is 23.8 Å². The van der Waals surface area contributed by atoms with Crippen molar-refractivity contribution in [2.24, 2.45) is 11.8 Å². The van der Waals surface area contributed by atoms with E-state index >= 15 is 0 Å². The first-order valence-electron chi connectivity index (χ1n) is 9.75. The zero-order valence-corrected chi connectivity index (χ0v) is 15.9. The molecule has 2 aliphatic heterocycles. The van der Waals surface area contributed by atoms with Gasteiger partial charge in [0.25, 0.3) is 0 Å². The molecule has 0 aliphatic carbocycles. The molecular weight excluding hydrogens is 328 g/mol. The molecule has 1 atom stereocenters. The summed E-state index contributed by atoms with van der Waals surface area (Å²) in [5, 5.41) is 0. The summed E-state index contributed by atoms with van der Waals surface area (Å²) in [6.07, 6.45) is 2.32. The van der Waals surface area contributed by atoms with Crippen molar-refractivity contribution in [2.45, 2.75) is 45.8 Å². The summed E-state index contributed by atoms with van der Waals surface area (Å²) >= 11 is 0. The molecule has 2 heterocycles. The van der Waals surface area contributed by atoms with Gasteiger partial charge in [-0.25, -0.2) is 0 Å². The lowest BCUT2D eigenvalue weighted by molar-refractivity contribution is -0.138. The Balaban J connectivity index is 1.43. The van der Waals surface area contributed by atoms with Gasteiger partial charge in [0.1, 0.15) is 0 Å². The van der Waals surface area contributed by atoms with Crippen molar-refractivity contribution in [3.63, 3.8) is 0 Å². The lowest BCUT2D eigenvalue weighted by Gasteiger charge is -2.33. The van der Waals surface area contributed by atoms with Crippen LogP contribution in [0.3, 0.4) is 0 Å². The Morgan fingerprint density at radius 1 is 1.19 bits per heavy atom. The van der Waals surface area contributed by atoms with Crippen molar-refractivity contribution in [2.75, 3.05) is 26.2 Å². The number of hydrogen-bond acceptors (Lipinski definition) is 3. The highest BCUT2D eigenvalue weighted by Gasteiger charge is 2.37. The van der Waals surface area contributed by atoms with Crippen LogP contribution in [-0.4, -0.2) is 53.9 Å². The monoisotopic (exact) mass is 358 g/mol. The average Bonchev–Trinajstić information content (AvgIpc) is 3.00. The second-order valence-corrected chi connectivity index (χ2v) is 7.91. The molecule has 0 radical (unpaired) electrons. The number of hydrogen-bond donors (Lipinski definition) is 0. The Morgan fingerprint density at radius 3 is 2.54 bits per heavy atom. The standard InChI is InChI=1S/C21H30N2O3/c1-16(2)13-23-14-18(12-20(23)24)21(25)22-10-8-19(9-11-22)26-15-17-6-4-3-5-7-17/h3-7,16,18-19H,8-15H2,1-2H3/t18-/m1/s1. The number of ether oxygens (including phenoxy) is 1.